The van der Waals surface area contributed by atoms with E-state index in [1.54, 1.807) is 25.3 Å². The Bertz CT molecular complexity index is 620. The van der Waals surface area contributed by atoms with E-state index in [1.807, 2.05) is 4.90 Å². The zero-order valence-corrected chi connectivity index (χ0v) is 14.8. The lowest BCUT2D eigenvalue weighted by atomic mass is 10.0. The van der Waals surface area contributed by atoms with Crippen molar-refractivity contribution in [1.29, 1.82) is 0 Å². The van der Waals surface area contributed by atoms with E-state index >= 15 is 0 Å². The average molecular weight is 345 g/mol. The molecule has 1 aromatic rings. The third-order valence-electron chi connectivity index (χ3n) is 5.06. The molecule has 2 fully saturated rings. The second kappa shape index (κ2) is 8.34. The number of anilines is 1. The van der Waals surface area contributed by atoms with Crippen LogP contribution >= 0.6 is 0 Å². The summed E-state index contributed by atoms with van der Waals surface area (Å²) in [6, 6.07) is 5.24. The number of carbonyl (C=O) groups excluding carboxylic acids is 2. The molecule has 136 valence electrons. The molecule has 3 rings (SSSR count). The Labute approximate surface area is 148 Å². The number of benzene rings is 1. The number of rotatable bonds is 6. The molecule has 2 saturated heterocycles. The van der Waals surface area contributed by atoms with Crippen LogP contribution in [-0.2, 0) is 4.79 Å². The van der Waals surface area contributed by atoms with Gasteiger partial charge in [-0.15, -0.1) is 0 Å². The summed E-state index contributed by atoms with van der Waals surface area (Å²) in [6.45, 7) is 3.65. The standard InChI is InChI=1S/C19H27N3O3/c1-25-17-6-5-15(19(24)22-10-2-3-11-22)12-16(17)21-18(23)7-4-14-8-9-20-13-14/h5-6,12,14,20H,2-4,7-11,13H2,1H3,(H,21,23). The molecule has 6 heteroatoms. The smallest absolute Gasteiger partial charge is 0.253 e. The van der Waals surface area contributed by atoms with Gasteiger partial charge in [0.05, 0.1) is 12.8 Å². The first kappa shape index (κ1) is 17.7. The Kier molecular flexibility index (Phi) is 5.91. The molecule has 0 aromatic heterocycles. The van der Waals surface area contributed by atoms with E-state index in [0.717, 1.165) is 51.9 Å². The Morgan fingerprint density at radius 3 is 2.80 bits per heavy atom. The largest absolute Gasteiger partial charge is 0.495 e. The molecule has 2 heterocycles. The second-order valence-electron chi connectivity index (χ2n) is 6.86. The Hall–Kier alpha value is -2.08. The van der Waals surface area contributed by atoms with Crippen LogP contribution in [0.4, 0.5) is 5.69 Å². The maximum atomic E-state index is 12.5. The summed E-state index contributed by atoms with van der Waals surface area (Å²) in [6.07, 6.45) is 4.62. The van der Waals surface area contributed by atoms with Gasteiger partial charge in [0.25, 0.3) is 5.91 Å². The lowest BCUT2D eigenvalue weighted by Gasteiger charge is -2.17. The van der Waals surface area contributed by atoms with Crippen LogP contribution in [0, 0.1) is 5.92 Å². The molecular formula is C19H27N3O3. The van der Waals surface area contributed by atoms with Crippen LogP contribution in [0.25, 0.3) is 0 Å². The zero-order valence-electron chi connectivity index (χ0n) is 14.8. The quantitative estimate of drug-likeness (QED) is 0.830. The summed E-state index contributed by atoms with van der Waals surface area (Å²) in [5, 5.41) is 6.23. The fraction of sp³-hybridized carbons (Fsp3) is 0.579. The third kappa shape index (κ3) is 4.51. The van der Waals surface area contributed by atoms with E-state index in [0.29, 0.717) is 29.3 Å². The molecule has 2 aliphatic rings. The van der Waals surface area contributed by atoms with Crippen molar-refractivity contribution >= 4 is 17.5 Å². The average Bonchev–Trinajstić information content (AvgIpc) is 3.33. The molecule has 0 radical (unpaired) electrons. The van der Waals surface area contributed by atoms with Gasteiger partial charge in [-0.2, -0.15) is 0 Å². The molecule has 0 saturated carbocycles. The monoisotopic (exact) mass is 345 g/mol. The molecule has 6 nitrogen and oxygen atoms in total. The highest BCUT2D eigenvalue weighted by Gasteiger charge is 2.21. The second-order valence-corrected chi connectivity index (χ2v) is 6.86. The van der Waals surface area contributed by atoms with E-state index in [9.17, 15) is 9.59 Å². The number of hydrogen-bond acceptors (Lipinski definition) is 4. The lowest BCUT2D eigenvalue weighted by molar-refractivity contribution is -0.116. The minimum atomic E-state index is -0.0315. The van der Waals surface area contributed by atoms with Gasteiger partial charge in [-0.25, -0.2) is 0 Å². The number of methoxy groups -OCH3 is 1. The van der Waals surface area contributed by atoms with Crippen LogP contribution < -0.4 is 15.4 Å². The molecule has 0 bridgehead atoms. The van der Waals surface area contributed by atoms with Gasteiger partial charge >= 0.3 is 0 Å². The first-order valence-corrected chi connectivity index (χ1v) is 9.15. The van der Waals surface area contributed by atoms with Crippen molar-refractivity contribution in [2.45, 2.75) is 32.1 Å². The topological polar surface area (TPSA) is 70.7 Å². The number of ether oxygens (including phenoxy) is 1. The fourth-order valence-electron chi connectivity index (χ4n) is 3.55. The van der Waals surface area contributed by atoms with Crippen LogP contribution in [0.1, 0.15) is 42.5 Å². The molecule has 1 unspecified atom stereocenters. The Morgan fingerprint density at radius 2 is 2.12 bits per heavy atom. The predicted molar refractivity (Wildman–Crippen MR) is 97.0 cm³/mol. The number of hydrogen-bond donors (Lipinski definition) is 2. The molecule has 2 amide bonds. The molecular weight excluding hydrogens is 318 g/mol. The number of nitrogens with zero attached hydrogens (tertiary/aromatic N) is 1. The highest BCUT2D eigenvalue weighted by atomic mass is 16.5. The summed E-state index contributed by atoms with van der Waals surface area (Å²) in [5.74, 6) is 1.15. The van der Waals surface area contributed by atoms with Gasteiger partial charge in [0.15, 0.2) is 0 Å². The van der Waals surface area contributed by atoms with Crippen molar-refractivity contribution < 1.29 is 14.3 Å². The van der Waals surface area contributed by atoms with Crippen LogP contribution in [-0.4, -0.2) is 50.0 Å². The van der Waals surface area contributed by atoms with Gasteiger partial charge in [-0.1, -0.05) is 0 Å². The van der Waals surface area contributed by atoms with Crippen LogP contribution in [0.15, 0.2) is 18.2 Å². The van der Waals surface area contributed by atoms with E-state index in [-0.39, 0.29) is 11.8 Å². The van der Waals surface area contributed by atoms with E-state index < -0.39 is 0 Å². The number of nitrogens with one attached hydrogen (secondary N) is 2. The summed E-state index contributed by atoms with van der Waals surface area (Å²) in [5.41, 5.74) is 1.17. The molecule has 1 aromatic carbocycles. The van der Waals surface area contributed by atoms with E-state index in [2.05, 4.69) is 10.6 Å². The number of carbonyl (C=O) groups is 2. The van der Waals surface area contributed by atoms with Gasteiger partial charge in [0.2, 0.25) is 5.91 Å². The van der Waals surface area contributed by atoms with Gasteiger partial charge in [-0.3, -0.25) is 9.59 Å². The van der Waals surface area contributed by atoms with Gasteiger partial charge in [-0.05, 0) is 62.9 Å². The minimum Gasteiger partial charge on any atom is -0.495 e. The molecule has 1 atom stereocenters. The van der Waals surface area contributed by atoms with Crippen molar-refractivity contribution in [1.82, 2.24) is 10.2 Å². The molecule has 25 heavy (non-hydrogen) atoms. The summed E-state index contributed by atoms with van der Waals surface area (Å²) < 4.78 is 5.33. The summed E-state index contributed by atoms with van der Waals surface area (Å²) >= 11 is 0. The normalized spacial score (nSPS) is 19.9. The molecule has 0 aliphatic carbocycles. The number of likely N-dealkylation sites (tertiary alicyclic amines) is 1. The van der Waals surface area contributed by atoms with E-state index in [4.69, 9.17) is 4.74 Å². The maximum absolute atomic E-state index is 12.5. The van der Waals surface area contributed by atoms with Crippen molar-refractivity contribution in [3.05, 3.63) is 23.8 Å². The first-order chi connectivity index (χ1) is 12.2. The van der Waals surface area contributed by atoms with Crippen LogP contribution in [0.2, 0.25) is 0 Å². The Balaban J connectivity index is 1.64. The highest BCUT2D eigenvalue weighted by Crippen LogP contribution is 2.27. The molecule has 2 aliphatic heterocycles. The van der Waals surface area contributed by atoms with Crippen molar-refractivity contribution in [2.24, 2.45) is 5.92 Å². The van der Waals surface area contributed by atoms with E-state index in [1.165, 1.54) is 0 Å². The maximum Gasteiger partial charge on any atom is 0.253 e. The summed E-state index contributed by atoms with van der Waals surface area (Å²) in [7, 11) is 1.57. The number of amides is 2. The fourth-order valence-corrected chi connectivity index (χ4v) is 3.55. The minimum absolute atomic E-state index is 0.0210. The van der Waals surface area contributed by atoms with Gasteiger partial charge in [0, 0.05) is 25.1 Å². The summed E-state index contributed by atoms with van der Waals surface area (Å²) in [4.78, 5) is 26.7. The first-order valence-electron chi connectivity index (χ1n) is 9.15. The molecule has 0 spiro atoms. The van der Waals surface area contributed by atoms with Crippen molar-refractivity contribution in [2.75, 3.05) is 38.6 Å². The zero-order chi connectivity index (χ0) is 17.6. The molecule has 2 N–H and O–H groups in total. The third-order valence-corrected chi connectivity index (χ3v) is 5.06. The predicted octanol–water partition coefficient (Wildman–Crippen LogP) is 2.26. The Morgan fingerprint density at radius 1 is 1.32 bits per heavy atom. The SMILES string of the molecule is COc1ccc(C(=O)N2CCCC2)cc1NC(=O)CCC1CCNC1. The van der Waals surface area contributed by atoms with Crippen molar-refractivity contribution in [3.8, 4) is 5.75 Å². The van der Waals surface area contributed by atoms with Crippen LogP contribution in [0.3, 0.4) is 0 Å². The highest BCUT2D eigenvalue weighted by molar-refractivity contribution is 5.98. The van der Waals surface area contributed by atoms with Gasteiger partial charge in [0.1, 0.15) is 5.75 Å². The lowest BCUT2D eigenvalue weighted by Crippen LogP contribution is -2.27. The van der Waals surface area contributed by atoms with Crippen molar-refractivity contribution in [3.63, 3.8) is 0 Å². The van der Waals surface area contributed by atoms with Gasteiger partial charge < -0.3 is 20.3 Å². The van der Waals surface area contributed by atoms with Crippen LogP contribution in [0.5, 0.6) is 5.75 Å².